The van der Waals surface area contributed by atoms with E-state index in [0.29, 0.717) is 12.5 Å². The van der Waals surface area contributed by atoms with Gasteiger partial charge in [-0.25, -0.2) is 13.2 Å². The molecule has 1 aliphatic heterocycles. The normalized spacial score (nSPS) is 20.6. The Kier molecular flexibility index (Phi) is 6.96. The van der Waals surface area contributed by atoms with Crippen molar-refractivity contribution in [2.24, 2.45) is 11.1 Å². The molecular formula is C16H22ClF3N2O4S. The predicted molar refractivity (Wildman–Crippen MR) is 95.2 cm³/mol. The highest BCUT2D eigenvalue weighted by atomic mass is 35.5. The zero-order chi connectivity index (χ0) is 19.9. The predicted octanol–water partition coefficient (Wildman–Crippen LogP) is 2.66. The number of ether oxygens (including phenoxy) is 1. The zero-order valence-electron chi connectivity index (χ0n) is 15.0. The minimum Gasteiger partial charge on any atom is -0.465 e. The van der Waals surface area contributed by atoms with Crippen molar-refractivity contribution in [1.82, 2.24) is 4.31 Å². The number of piperidine rings is 1. The number of nitrogens with zero attached hydrogens (tertiary/aromatic N) is 1. The first-order valence-corrected chi connectivity index (χ1v) is 9.30. The summed E-state index contributed by atoms with van der Waals surface area (Å²) in [4.78, 5) is 11.0. The lowest BCUT2D eigenvalue weighted by molar-refractivity contribution is -0.138. The summed E-state index contributed by atoms with van der Waals surface area (Å²) < 4.78 is 71.0. The van der Waals surface area contributed by atoms with Crippen LogP contribution in [0.2, 0.25) is 0 Å². The first kappa shape index (κ1) is 23.7. The van der Waals surface area contributed by atoms with Gasteiger partial charge in [-0.15, -0.1) is 12.4 Å². The van der Waals surface area contributed by atoms with Gasteiger partial charge in [0.25, 0.3) is 0 Å². The monoisotopic (exact) mass is 430 g/mol. The number of methoxy groups -OCH3 is 1. The van der Waals surface area contributed by atoms with E-state index in [1.807, 2.05) is 0 Å². The first-order chi connectivity index (χ1) is 11.8. The summed E-state index contributed by atoms with van der Waals surface area (Å²) >= 11 is 0. The Balaban J connectivity index is 0.00000364. The second-order valence-electron chi connectivity index (χ2n) is 6.92. The Morgan fingerprint density at radius 3 is 2.41 bits per heavy atom. The Labute approximate surface area is 162 Å². The maximum Gasteiger partial charge on any atom is 0.417 e. The molecule has 1 aliphatic rings. The molecule has 1 saturated heterocycles. The molecule has 2 N–H and O–H groups in total. The molecule has 27 heavy (non-hydrogen) atoms. The van der Waals surface area contributed by atoms with Crippen LogP contribution in [0, 0.1) is 5.41 Å². The van der Waals surface area contributed by atoms with Crippen LogP contribution >= 0.6 is 12.4 Å². The molecule has 0 amide bonds. The summed E-state index contributed by atoms with van der Waals surface area (Å²) in [6.07, 6.45) is -4.50. The van der Waals surface area contributed by atoms with Crippen LogP contribution < -0.4 is 5.73 Å². The van der Waals surface area contributed by atoms with E-state index in [4.69, 9.17) is 5.73 Å². The van der Waals surface area contributed by atoms with Crippen molar-refractivity contribution in [3.05, 3.63) is 29.3 Å². The average molecular weight is 431 g/mol. The summed E-state index contributed by atoms with van der Waals surface area (Å²) in [6, 6.07) is 2.07. The molecule has 0 aliphatic carbocycles. The lowest BCUT2D eigenvalue weighted by atomic mass is 9.81. The van der Waals surface area contributed by atoms with Crippen LogP contribution in [-0.2, 0) is 20.9 Å². The van der Waals surface area contributed by atoms with Crippen molar-refractivity contribution >= 4 is 28.4 Å². The molecule has 1 heterocycles. The van der Waals surface area contributed by atoms with Gasteiger partial charge in [-0.3, -0.25) is 0 Å². The molecule has 1 aromatic carbocycles. The third-order valence-corrected chi connectivity index (χ3v) is 6.46. The van der Waals surface area contributed by atoms with Crippen LogP contribution in [0.25, 0.3) is 0 Å². The topological polar surface area (TPSA) is 89.7 Å². The van der Waals surface area contributed by atoms with Gasteiger partial charge in [-0.05, 0) is 30.0 Å². The third-order valence-electron chi connectivity index (χ3n) is 4.62. The number of benzene rings is 1. The average Bonchev–Trinajstić information content (AvgIpc) is 2.55. The zero-order valence-corrected chi connectivity index (χ0v) is 16.7. The number of hydrogen-bond donors (Lipinski definition) is 1. The van der Waals surface area contributed by atoms with E-state index in [9.17, 15) is 26.4 Å². The van der Waals surface area contributed by atoms with E-state index in [1.165, 1.54) is 0 Å². The molecule has 1 atom stereocenters. The standard InChI is InChI=1S/C16H21F3N2O4S.ClH/c1-15(2)9-21(7-6-13(15)20)26(23,24)10-4-5-11(14(22)25-3)12(8-10)16(17,18)19;/h4-5,8,13H,6-7,9,20H2,1-3H3;1H. The summed E-state index contributed by atoms with van der Waals surface area (Å²) in [6.45, 7) is 3.82. The minimum absolute atomic E-state index is 0. The van der Waals surface area contributed by atoms with E-state index in [1.54, 1.807) is 13.8 Å². The Morgan fingerprint density at radius 1 is 1.33 bits per heavy atom. The van der Waals surface area contributed by atoms with Crippen molar-refractivity contribution < 1.29 is 31.1 Å². The maximum atomic E-state index is 13.3. The van der Waals surface area contributed by atoms with Crippen molar-refractivity contribution in [3.8, 4) is 0 Å². The molecule has 0 radical (unpaired) electrons. The van der Waals surface area contributed by atoms with E-state index in [-0.39, 0.29) is 31.5 Å². The fourth-order valence-electron chi connectivity index (χ4n) is 2.89. The molecule has 1 unspecified atom stereocenters. The van der Waals surface area contributed by atoms with Gasteiger partial charge in [0, 0.05) is 19.1 Å². The molecule has 6 nitrogen and oxygen atoms in total. The molecule has 0 saturated carbocycles. The lowest BCUT2D eigenvalue weighted by Gasteiger charge is -2.41. The van der Waals surface area contributed by atoms with Gasteiger partial charge >= 0.3 is 12.1 Å². The van der Waals surface area contributed by atoms with Crippen molar-refractivity contribution in [3.63, 3.8) is 0 Å². The van der Waals surface area contributed by atoms with Crippen molar-refractivity contribution in [2.75, 3.05) is 20.2 Å². The van der Waals surface area contributed by atoms with E-state index >= 15 is 0 Å². The highest BCUT2D eigenvalue weighted by Gasteiger charge is 2.41. The van der Waals surface area contributed by atoms with E-state index < -0.39 is 43.6 Å². The van der Waals surface area contributed by atoms with Gasteiger partial charge in [0.15, 0.2) is 0 Å². The summed E-state index contributed by atoms with van der Waals surface area (Å²) in [5, 5.41) is 0. The Morgan fingerprint density at radius 2 is 1.93 bits per heavy atom. The first-order valence-electron chi connectivity index (χ1n) is 7.86. The fraction of sp³-hybridized carbons (Fsp3) is 0.562. The Bertz CT molecular complexity index is 812. The van der Waals surface area contributed by atoms with Crippen molar-refractivity contribution in [2.45, 2.75) is 37.4 Å². The minimum atomic E-state index is -4.90. The quantitative estimate of drug-likeness (QED) is 0.744. The number of carbonyl (C=O) groups is 1. The largest absolute Gasteiger partial charge is 0.465 e. The molecule has 11 heteroatoms. The second kappa shape index (κ2) is 7.94. The number of carbonyl (C=O) groups excluding carboxylic acids is 1. The summed E-state index contributed by atoms with van der Waals surface area (Å²) in [5.74, 6) is -1.19. The summed E-state index contributed by atoms with van der Waals surface area (Å²) in [5.41, 5.74) is 3.39. The number of halogens is 4. The van der Waals surface area contributed by atoms with Crippen LogP contribution in [0.4, 0.5) is 13.2 Å². The lowest BCUT2D eigenvalue weighted by Crippen LogP contribution is -2.53. The van der Waals surface area contributed by atoms with Crippen LogP contribution in [0.15, 0.2) is 23.1 Å². The summed E-state index contributed by atoms with van der Waals surface area (Å²) in [7, 11) is -3.21. The van der Waals surface area contributed by atoms with Crippen molar-refractivity contribution in [1.29, 1.82) is 0 Å². The van der Waals surface area contributed by atoms with Gasteiger partial charge in [0.1, 0.15) is 0 Å². The SMILES string of the molecule is COC(=O)c1ccc(S(=O)(=O)N2CCC(N)C(C)(C)C2)cc1C(F)(F)F.Cl. The molecule has 0 aromatic heterocycles. The fourth-order valence-corrected chi connectivity index (χ4v) is 4.54. The van der Waals surface area contributed by atoms with Gasteiger partial charge in [0.2, 0.25) is 10.0 Å². The highest BCUT2D eigenvalue weighted by molar-refractivity contribution is 7.89. The molecule has 2 rings (SSSR count). The smallest absolute Gasteiger partial charge is 0.417 e. The molecule has 1 fully saturated rings. The van der Waals surface area contributed by atoms with E-state index in [2.05, 4.69) is 4.74 Å². The number of alkyl halides is 3. The molecular weight excluding hydrogens is 409 g/mol. The molecule has 0 bridgehead atoms. The van der Waals surface area contributed by atoms with Gasteiger partial charge in [-0.2, -0.15) is 17.5 Å². The van der Waals surface area contributed by atoms with E-state index in [0.717, 1.165) is 23.5 Å². The third kappa shape index (κ3) is 4.74. The second-order valence-corrected chi connectivity index (χ2v) is 8.86. The van der Waals surface area contributed by atoms with Gasteiger partial charge < -0.3 is 10.5 Å². The van der Waals surface area contributed by atoms with Gasteiger partial charge in [-0.1, -0.05) is 13.8 Å². The molecule has 154 valence electrons. The van der Waals surface area contributed by atoms with Crippen LogP contribution in [-0.4, -0.2) is 44.9 Å². The number of sulfonamides is 1. The van der Waals surface area contributed by atoms with Gasteiger partial charge in [0.05, 0.1) is 23.1 Å². The van der Waals surface area contributed by atoms with Crippen LogP contribution in [0.1, 0.15) is 36.2 Å². The van der Waals surface area contributed by atoms with Crippen LogP contribution in [0.3, 0.4) is 0 Å². The van der Waals surface area contributed by atoms with Crippen LogP contribution in [0.5, 0.6) is 0 Å². The number of rotatable bonds is 3. The molecule has 0 spiro atoms. The number of esters is 1. The highest BCUT2D eigenvalue weighted by Crippen LogP contribution is 2.36. The molecule has 1 aromatic rings. The Hall–Kier alpha value is -1.36. The number of hydrogen-bond acceptors (Lipinski definition) is 5. The maximum absolute atomic E-state index is 13.3. The number of nitrogens with two attached hydrogens (primary N) is 1.